The van der Waals surface area contributed by atoms with Crippen LogP contribution in [0.4, 0.5) is 5.69 Å². The predicted molar refractivity (Wildman–Crippen MR) is 190 cm³/mol. The summed E-state index contributed by atoms with van der Waals surface area (Å²) in [7, 11) is 1.58. The van der Waals surface area contributed by atoms with Crippen LogP contribution in [0.5, 0.6) is 17.2 Å². The number of carbonyl (C=O) groups excluding carboxylic acids is 2. The molecule has 1 saturated heterocycles. The Balaban J connectivity index is 1.35. The zero-order chi connectivity index (χ0) is 34.0. The molecule has 248 valence electrons. The van der Waals surface area contributed by atoms with Gasteiger partial charge in [0.2, 0.25) is 0 Å². The maximum atomic E-state index is 13.7. The van der Waals surface area contributed by atoms with Gasteiger partial charge in [0, 0.05) is 21.3 Å². The van der Waals surface area contributed by atoms with E-state index >= 15 is 0 Å². The summed E-state index contributed by atoms with van der Waals surface area (Å²) in [5, 5.41) is 12.7. The van der Waals surface area contributed by atoms with Crippen molar-refractivity contribution < 1.29 is 28.2 Å². The van der Waals surface area contributed by atoms with Gasteiger partial charge in [0.1, 0.15) is 11.5 Å². The summed E-state index contributed by atoms with van der Waals surface area (Å²) in [6.07, 6.45) is 4.75. The number of halogens is 2. The molecule has 0 unspecified atom stereocenters. The number of amidine groups is 1. The molecule has 3 aromatic carbocycles. The predicted octanol–water partition coefficient (Wildman–Crippen LogP) is 8.15. The van der Waals surface area contributed by atoms with E-state index in [4.69, 9.17) is 41.8 Å². The minimum Gasteiger partial charge on any atom is -0.493 e. The third-order valence-electron chi connectivity index (χ3n) is 6.64. The quantitative estimate of drug-likeness (QED) is 0.0848. The molecule has 0 spiro atoms. The van der Waals surface area contributed by atoms with Crippen LogP contribution in [-0.4, -0.2) is 48.4 Å². The Morgan fingerprint density at radius 2 is 1.77 bits per heavy atom. The van der Waals surface area contributed by atoms with Gasteiger partial charge >= 0.3 is 0 Å². The number of amides is 2. The minimum absolute atomic E-state index is 0.143. The molecule has 1 fully saturated rings. The Bertz CT molecular complexity index is 1840. The molecule has 2 amide bonds. The van der Waals surface area contributed by atoms with E-state index in [9.17, 15) is 9.59 Å². The van der Waals surface area contributed by atoms with Crippen molar-refractivity contribution in [2.45, 2.75) is 20.4 Å². The van der Waals surface area contributed by atoms with E-state index in [2.05, 4.69) is 29.4 Å². The van der Waals surface area contributed by atoms with E-state index < -0.39 is 0 Å². The summed E-state index contributed by atoms with van der Waals surface area (Å²) in [4.78, 5) is 28.1. The number of benzene rings is 3. The maximum absolute atomic E-state index is 13.7. The lowest BCUT2D eigenvalue weighted by molar-refractivity contribution is -0.122. The first-order chi connectivity index (χ1) is 23.2. The van der Waals surface area contributed by atoms with E-state index in [1.807, 2.05) is 12.1 Å². The Morgan fingerprint density at radius 1 is 1.00 bits per heavy atom. The number of ether oxygens (including phenoxy) is 3. The molecule has 0 saturated carbocycles. The lowest BCUT2D eigenvalue weighted by atomic mass is 10.2. The van der Waals surface area contributed by atoms with Crippen molar-refractivity contribution in [2.75, 3.05) is 25.6 Å². The lowest BCUT2D eigenvalue weighted by Gasteiger charge is -2.13. The van der Waals surface area contributed by atoms with Crippen LogP contribution in [0.15, 0.2) is 98.6 Å². The fourth-order valence-corrected chi connectivity index (χ4v) is 5.58. The molecule has 0 aliphatic carbocycles. The SMILES string of the molecule is COc1cc(/C=N/N=C2\S/C(=C\c3cc(Cl)ccc3OCC(=O)Nc3ccc(Cl)cc3)C(=O)N2Cc2ccco2)ccc1OCC(C)C. The summed E-state index contributed by atoms with van der Waals surface area (Å²) in [6, 6.07) is 20.6. The van der Waals surface area contributed by atoms with Gasteiger partial charge in [-0.15, -0.1) is 5.10 Å². The van der Waals surface area contributed by atoms with E-state index in [0.29, 0.717) is 66.9 Å². The lowest BCUT2D eigenvalue weighted by Crippen LogP contribution is -2.28. The van der Waals surface area contributed by atoms with Gasteiger partial charge in [-0.25, -0.2) is 0 Å². The Labute approximate surface area is 292 Å². The monoisotopic (exact) mass is 706 g/mol. The zero-order valence-electron chi connectivity index (χ0n) is 26.3. The van der Waals surface area contributed by atoms with Crippen LogP contribution in [0, 0.1) is 5.92 Å². The Kier molecular flexibility index (Phi) is 11.8. The molecular formula is C35H32Cl2N4O6S. The second-order valence-corrected chi connectivity index (χ2v) is 12.7. The molecule has 0 radical (unpaired) electrons. The van der Waals surface area contributed by atoms with Crippen molar-refractivity contribution in [1.29, 1.82) is 0 Å². The van der Waals surface area contributed by atoms with Crippen LogP contribution in [0.3, 0.4) is 0 Å². The second kappa shape index (κ2) is 16.4. The number of carbonyl (C=O) groups is 2. The van der Waals surface area contributed by atoms with Crippen molar-refractivity contribution in [1.82, 2.24) is 4.90 Å². The molecule has 13 heteroatoms. The molecule has 48 heavy (non-hydrogen) atoms. The average Bonchev–Trinajstić information content (AvgIpc) is 3.69. The number of hydrogen-bond donors (Lipinski definition) is 1. The van der Waals surface area contributed by atoms with Gasteiger partial charge in [-0.3, -0.25) is 14.5 Å². The van der Waals surface area contributed by atoms with Gasteiger partial charge in [-0.05, 0) is 102 Å². The number of nitrogens with zero attached hydrogens (tertiary/aromatic N) is 3. The molecule has 10 nitrogen and oxygen atoms in total. The highest BCUT2D eigenvalue weighted by molar-refractivity contribution is 8.18. The largest absolute Gasteiger partial charge is 0.493 e. The van der Waals surface area contributed by atoms with Crippen molar-refractivity contribution in [3.8, 4) is 17.2 Å². The van der Waals surface area contributed by atoms with Crippen molar-refractivity contribution >= 4 is 69.9 Å². The Hall–Kier alpha value is -4.71. The molecule has 5 rings (SSSR count). The van der Waals surface area contributed by atoms with Crippen molar-refractivity contribution in [3.05, 3.63) is 111 Å². The summed E-state index contributed by atoms with van der Waals surface area (Å²) in [6.45, 7) is 4.57. The summed E-state index contributed by atoms with van der Waals surface area (Å²) in [5.74, 6) is 1.83. The van der Waals surface area contributed by atoms with Gasteiger partial charge in [0.05, 0.1) is 37.6 Å². The smallest absolute Gasteiger partial charge is 0.267 e. The van der Waals surface area contributed by atoms with Gasteiger partial charge in [-0.1, -0.05) is 37.0 Å². The average molecular weight is 708 g/mol. The molecule has 1 aromatic heterocycles. The van der Waals surface area contributed by atoms with Gasteiger partial charge in [-0.2, -0.15) is 5.10 Å². The van der Waals surface area contributed by atoms with Gasteiger partial charge in [0.15, 0.2) is 23.3 Å². The van der Waals surface area contributed by atoms with Crippen LogP contribution in [0.2, 0.25) is 10.0 Å². The van der Waals surface area contributed by atoms with E-state index in [0.717, 1.165) is 17.3 Å². The van der Waals surface area contributed by atoms with Crippen LogP contribution < -0.4 is 19.5 Å². The van der Waals surface area contributed by atoms with E-state index in [1.54, 1.807) is 80.1 Å². The van der Waals surface area contributed by atoms with Crippen LogP contribution in [0.25, 0.3) is 6.08 Å². The summed E-state index contributed by atoms with van der Waals surface area (Å²) < 4.78 is 22.7. The maximum Gasteiger partial charge on any atom is 0.267 e. The molecule has 2 heterocycles. The number of furan rings is 1. The molecule has 4 aromatic rings. The highest BCUT2D eigenvalue weighted by Crippen LogP contribution is 2.36. The van der Waals surface area contributed by atoms with Gasteiger partial charge in [0.25, 0.3) is 11.8 Å². The van der Waals surface area contributed by atoms with Crippen LogP contribution in [0.1, 0.15) is 30.7 Å². The molecule has 0 bridgehead atoms. The summed E-state index contributed by atoms with van der Waals surface area (Å²) >= 11 is 13.4. The zero-order valence-corrected chi connectivity index (χ0v) is 28.6. The number of nitrogens with one attached hydrogen (secondary N) is 1. The van der Waals surface area contributed by atoms with E-state index in [-0.39, 0.29) is 25.0 Å². The highest BCUT2D eigenvalue weighted by atomic mass is 35.5. The number of methoxy groups -OCH3 is 1. The number of thioether (sulfide) groups is 1. The minimum atomic E-state index is -0.371. The molecular weight excluding hydrogens is 675 g/mol. The number of hydrogen-bond acceptors (Lipinski definition) is 9. The van der Waals surface area contributed by atoms with Crippen molar-refractivity contribution in [3.63, 3.8) is 0 Å². The standard InChI is InChI=1S/C35H32Cl2N4O6S/c1-22(2)20-46-30-12-6-23(15-31(30)44-3)18-38-40-35-41(19-28-5-4-14-45-28)34(43)32(48-35)17-24-16-26(37)9-13-29(24)47-21-33(42)39-27-10-7-25(36)8-11-27/h4-18,22H,19-21H2,1-3H3,(H,39,42)/b32-17-,38-18+,40-35-. The van der Waals surface area contributed by atoms with Crippen molar-refractivity contribution in [2.24, 2.45) is 16.1 Å². The third-order valence-corrected chi connectivity index (χ3v) is 8.12. The molecule has 1 aliphatic heterocycles. The Morgan fingerprint density at radius 3 is 2.50 bits per heavy atom. The fourth-order valence-electron chi connectivity index (χ4n) is 4.34. The highest BCUT2D eigenvalue weighted by Gasteiger charge is 2.34. The molecule has 0 atom stereocenters. The van der Waals surface area contributed by atoms with Crippen LogP contribution in [-0.2, 0) is 16.1 Å². The second-order valence-electron chi connectivity index (χ2n) is 10.8. The molecule has 1 aliphatic rings. The van der Waals surface area contributed by atoms with Gasteiger partial charge < -0.3 is 23.9 Å². The number of anilines is 1. The number of rotatable bonds is 13. The molecule has 1 N–H and O–H groups in total. The topological polar surface area (TPSA) is 115 Å². The van der Waals surface area contributed by atoms with E-state index in [1.165, 1.54) is 11.2 Å². The van der Waals surface area contributed by atoms with Crippen LogP contribution >= 0.6 is 35.0 Å². The first-order valence-corrected chi connectivity index (χ1v) is 16.4. The summed E-state index contributed by atoms with van der Waals surface area (Å²) in [5.41, 5.74) is 1.82. The first-order valence-electron chi connectivity index (χ1n) is 14.8. The normalized spacial score (nSPS) is 14.8. The fraction of sp³-hybridized carbons (Fsp3) is 0.200. The third kappa shape index (κ3) is 9.43. The first kappa shape index (κ1) is 34.6.